The van der Waals surface area contributed by atoms with Crippen molar-refractivity contribution in [2.75, 3.05) is 0 Å². The van der Waals surface area contributed by atoms with Crippen molar-refractivity contribution < 1.29 is 8.42 Å². The first kappa shape index (κ1) is 20.1. The Morgan fingerprint density at radius 3 is 1.56 bits per heavy atom. The molecule has 0 N–H and O–H groups in total. The average Bonchev–Trinajstić information content (AvgIpc) is 2.61. The van der Waals surface area contributed by atoms with Gasteiger partial charge in [0.2, 0.25) is 0 Å². The van der Waals surface area contributed by atoms with Gasteiger partial charge in [-0.1, -0.05) is 62.1 Å². The van der Waals surface area contributed by atoms with Gasteiger partial charge in [0.25, 0.3) is 0 Å². The first-order valence-corrected chi connectivity index (χ1v) is 11.3. The lowest BCUT2D eigenvalue weighted by Gasteiger charge is -2.23. The van der Waals surface area contributed by atoms with Crippen LogP contribution in [-0.2, 0) is 21.6 Å². The van der Waals surface area contributed by atoms with E-state index in [1.54, 1.807) is 0 Å². The van der Waals surface area contributed by atoms with Crippen molar-refractivity contribution >= 4 is 21.6 Å². The van der Waals surface area contributed by atoms with E-state index in [9.17, 15) is 8.42 Å². The third-order valence-electron chi connectivity index (χ3n) is 4.41. The molecule has 0 aliphatic heterocycles. The van der Waals surface area contributed by atoms with Crippen LogP contribution in [0.1, 0.15) is 44.2 Å². The minimum absolute atomic E-state index is 0.129. The highest BCUT2D eigenvalue weighted by molar-refractivity contribution is 8.03. The Hall–Kier alpha value is -1.26. The molecule has 3 atom stereocenters. The van der Waals surface area contributed by atoms with E-state index in [1.807, 2.05) is 62.4 Å². The summed E-state index contributed by atoms with van der Waals surface area (Å²) in [6.07, 6.45) is 3.09. The van der Waals surface area contributed by atoms with E-state index in [-0.39, 0.29) is 5.92 Å². The van der Waals surface area contributed by atoms with E-state index in [2.05, 4.69) is 13.8 Å². The molecule has 0 unspecified atom stereocenters. The number of hydrogen-bond donors (Lipinski definition) is 0. The molecule has 0 amide bonds. The highest BCUT2D eigenvalue weighted by Gasteiger charge is 2.31. The van der Waals surface area contributed by atoms with Crippen LogP contribution in [0, 0.1) is 19.8 Å². The maximum atomic E-state index is 13.3. The Bertz CT molecular complexity index is 663. The average molecular weight is 377 g/mol. The van der Waals surface area contributed by atoms with E-state index in [0.717, 1.165) is 40.2 Å². The molecule has 25 heavy (non-hydrogen) atoms. The van der Waals surface area contributed by atoms with Crippen molar-refractivity contribution in [2.24, 2.45) is 5.92 Å². The minimum Gasteiger partial charge on any atom is -0.253 e. The van der Waals surface area contributed by atoms with Gasteiger partial charge in [0.05, 0.1) is 21.6 Å². The third-order valence-corrected chi connectivity index (χ3v) is 8.70. The molecule has 2 nitrogen and oxygen atoms in total. The molecule has 0 aliphatic carbocycles. The molecular formula is C21H28O2S2. The van der Waals surface area contributed by atoms with Crippen molar-refractivity contribution in [2.45, 2.75) is 61.3 Å². The summed E-state index contributed by atoms with van der Waals surface area (Å²) in [5.74, 6) is 0.129. The highest BCUT2D eigenvalue weighted by atomic mass is 32.2. The fourth-order valence-corrected chi connectivity index (χ4v) is 6.54. The number of hydrogen-bond acceptors (Lipinski definition) is 2. The molecule has 0 aliphatic rings. The largest absolute Gasteiger partial charge is 0.253 e. The van der Waals surface area contributed by atoms with Crippen molar-refractivity contribution in [1.29, 1.82) is 0 Å². The van der Waals surface area contributed by atoms with E-state index < -0.39 is 26.2 Å². The quantitative estimate of drug-likeness (QED) is 0.620. The van der Waals surface area contributed by atoms with Crippen LogP contribution in [0.5, 0.6) is 0 Å². The molecule has 0 heterocycles. The normalized spacial score (nSPS) is 15.1. The zero-order valence-corrected chi connectivity index (χ0v) is 17.2. The van der Waals surface area contributed by atoms with Gasteiger partial charge in [-0.2, -0.15) is 0 Å². The summed E-state index contributed by atoms with van der Waals surface area (Å²) < 4.78 is 26.1. The summed E-state index contributed by atoms with van der Waals surface area (Å²) in [4.78, 5) is 1.53. The zero-order valence-electron chi connectivity index (χ0n) is 15.5. The summed E-state index contributed by atoms with van der Waals surface area (Å²) in [6, 6.07) is 15.5. The second-order valence-corrected chi connectivity index (χ2v) is 10.2. The summed E-state index contributed by atoms with van der Waals surface area (Å²) in [7, 11) is -2.60. The van der Waals surface area contributed by atoms with Gasteiger partial charge in [0.15, 0.2) is 0 Å². The lowest BCUT2D eigenvalue weighted by Crippen LogP contribution is -2.29. The summed E-state index contributed by atoms with van der Waals surface area (Å²) in [5, 5.41) is 0. The highest BCUT2D eigenvalue weighted by Crippen LogP contribution is 2.28. The smallest absolute Gasteiger partial charge is 0.122 e. The lowest BCUT2D eigenvalue weighted by molar-refractivity contribution is 0.526. The van der Waals surface area contributed by atoms with Gasteiger partial charge < -0.3 is 0 Å². The molecule has 0 radical (unpaired) electrons. The standard InChI is InChI=1S/C21H28O2S2/c1-5-6-7-18(4)21(24(22)19-12-8-16(2)9-13-19)25(23)20-14-10-17(3)11-15-20/h8-15,18,21H,5-7H2,1-4H3/t18-,24+,25+/m1/s1. The SMILES string of the molecule is CCCC[C@@H](C)C([S@@](=O)c1ccc(C)cc1)[S@@](=O)c1ccc(C)cc1. The molecule has 0 aromatic heterocycles. The van der Waals surface area contributed by atoms with E-state index >= 15 is 0 Å². The predicted molar refractivity (Wildman–Crippen MR) is 108 cm³/mol. The molecule has 2 aromatic rings. The monoisotopic (exact) mass is 376 g/mol. The fourth-order valence-electron chi connectivity index (χ4n) is 2.78. The minimum atomic E-state index is -1.30. The van der Waals surface area contributed by atoms with Crippen LogP contribution in [0.4, 0.5) is 0 Å². The van der Waals surface area contributed by atoms with Crippen LogP contribution in [0.3, 0.4) is 0 Å². The number of benzene rings is 2. The lowest BCUT2D eigenvalue weighted by atomic mass is 10.1. The topological polar surface area (TPSA) is 34.1 Å². The van der Waals surface area contributed by atoms with Gasteiger partial charge in [-0.3, -0.25) is 8.42 Å². The Balaban J connectivity index is 2.34. The van der Waals surface area contributed by atoms with Crippen LogP contribution < -0.4 is 0 Å². The zero-order chi connectivity index (χ0) is 18.4. The van der Waals surface area contributed by atoms with Crippen molar-refractivity contribution in [3.05, 3.63) is 59.7 Å². The molecule has 0 saturated heterocycles. The van der Waals surface area contributed by atoms with Crippen LogP contribution in [0.2, 0.25) is 0 Å². The maximum Gasteiger partial charge on any atom is 0.122 e. The Labute approximate surface area is 157 Å². The van der Waals surface area contributed by atoms with Crippen LogP contribution in [0.25, 0.3) is 0 Å². The molecule has 0 bridgehead atoms. The first-order valence-electron chi connectivity index (χ1n) is 8.88. The Morgan fingerprint density at radius 2 is 1.20 bits per heavy atom. The summed E-state index contributed by atoms with van der Waals surface area (Å²) in [6.45, 7) is 8.26. The maximum absolute atomic E-state index is 13.3. The van der Waals surface area contributed by atoms with E-state index in [1.165, 1.54) is 0 Å². The second kappa shape index (κ2) is 9.44. The predicted octanol–water partition coefficient (Wildman–Crippen LogP) is 5.37. The number of rotatable bonds is 8. The Kier molecular flexibility index (Phi) is 7.57. The molecule has 0 fully saturated rings. The van der Waals surface area contributed by atoms with E-state index in [4.69, 9.17) is 0 Å². The van der Waals surface area contributed by atoms with Crippen LogP contribution in [0.15, 0.2) is 58.3 Å². The Morgan fingerprint density at radius 1 is 0.800 bits per heavy atom. The van der Waals surface area contributed by atoms with Crippen LogP contribution in [-0.4, -0.2) is 13.0 Å². The molecule has 2 aromatic carbocycles. The molecule has 4 heteroatoms. The van der Waals surface area contributed by atoms with Gasteiger partial charge in [-0.15, -0.1) is 0 Å². The van der Waals surface area contributed by atoms with Gasteiger partial charge in [0, 0.05) is 9.79 Å². The molecule has 136 valence electrons. The first-order chi connectivity index (χ1) is 11.9. The van der Waals surface area contributed by atoms with Gasteiger partial charge in [-0.25, -0.2) is 0 Å². The van der Waals surface area contributed by atoms with Gasteiger partial charge >= 0.3 is 0 Å². The van der Waals surface area contributed by atoms with Crippen LogP contribution >= 0.6 is 0 Å². The number of unbranched alkanes of at least 4 members (excludes halogenated alkanes) is 1. The van der Waals surface area contributed by atoms with E-state index in [0.29, 0.717) is 0 Å². The number of aryl methyl sites for hydroxylation is 2. The van der Waals surface area contributed by atoms with Crippen molar-refractivity contribution in [1.82, 2.24) is 0 Å². The third kappa shape index (κ3) is 5.35. The van der Waals surface area contributed by atoms with Gasteiger partial charge in [0.1, 0.15) is 4.58 Å². The molecule has 0 spiro atoms. The second-order valence-electron chi connectivity index (χ2n) is 6.71. The fraction of sp³-hybridized carbons (Fsp3) is 0.429. The van der Waals surface area contributed by atoms with Crippen molar-refractivity contribution in [3.63, 3.8) is 0 Å². The molecule has 0 saturated carbocycles. The summed E-state index contributed by atoms with van der Waals surface area (Å²) in [5.41, 5.74) is 2.27. The summed E-state index contributed by atoms with van der Waals surface area (Å²) >= 11 is 0. The molecular weight excluding hydrogens is 348 g/mol. The molecule has 2 rings (SSSR count). The van der Waals surface area contributed by atoms with Crippen molar-refractivity contribution in [3.8, 4) is 0 Å². The van der Waals surface area contributed by atoms with Gasteiger partial charge in [-0.05, 0) is 50.5 Å².